The molecule has 208 valence electrons. The van der Waals surface area contributed by atoms with Gasteiger partial charge in [-0.25, -0.2) is 4.79 Å². The molecule has 0 aliphatic heterocycles. The molecule has 38 heavy (non-hydrogen) atoms. The van der Waals surface area contributed by atoms with Gasteiger partial charge in [0.15, 0.2) is 0 Å². The first-order valence-corrected chi connectivity index (χ1v) is 16.4. The number of benzene rings is 2. The van der Waals surface area contributed by atoms with Crippen molar-refractivity contribution in [2.45, 2.75) is 83.2 Å². The van der Waals surface area contributed by atoms with E-state index in [1.165, 1.54) is 38.5 Å². The van der Waals surface area contributed by atoms with E-state index in [0.717, 1.165) is 33.9 Å². The van der Waals surface area contributed by atoms with Crippen molar-refractivity contribution in [2.24, 2.45) is 5.92 Å². The van der Waals surface area contributed by atoms with Crippen LogP contribution in [0.1, 0.15) is 85.7 Å². The number of aryl methyl sites for hydroxylation is 1. The van der Waals surface area contributed by atoms with E-state index in [9.17, 15) is 14.7 Å². The molecule has 0 saturated heterocycles. The zero-order valence-electron chi connectivity index (χ0n) is 23.3. The summed E-state index contributed by atoms with van der Waals surface area (Å²) < 4.78 is 0. The molecule has 2 unspecified atom stereocenters. The van der Waals surface area contributed by atoms with Gasteiger partial charge in [-0.05, 0) is 84.8 Å². The quantitative estimate of drug-likeness (QED) is 0.212. The SMILES string of the molecule is CCSC(NC(C)CC1CCCCC1)c1ccc(C(=O)N[C@@H](CCSC)C(=O)O)c(-c2ccccc2C)c1. The molecule has 3 rings (SSSR count). The maximum Gasteiger partial charge on any atom is 0.326 e. The second-order valence-electron chi connectivity index (χ2n) is 10.4. The maximum atomic E-state index is 13.4. The van der Waals surface area contributed by atoms with Crippen molar-refractivity contribution in [3.63, 3.8) is 0 Å². The van der Waals surface area contributed by atoms with E-state index >= 15 is 0 Å². The molecule has 2 aromatic carbocycles. The minimum absolute atomic E-state index is 0.117. The monoisotopic (exact) mass is 556 g/mol. The van der Waals surface area contributed by atoms with Gasteiger partial charge in [-0.3, -0.25) is 10.1 Å². The maximum absolute atomic E-state index is 13.4. The molecule has 5 nitrogen and oxygen atoms in total. The van der Waals surface area contributed by atoms with Crippen LogP contribution in [0.25, 0.3) is 11.1 Å². The van der Waals surface area contributed by atoms with E-state index in [1.54, 1.807) is 11.8 Å². The lowest BCUT2D eigenvalue weighted by molar-refractivity contribution is -0.139. The Labute approximate surface area is 237 Å². The number of carboxylic acid groups (broad SMARTS) is 1. The predicted molar refractivity (Wildman–Crippen MR) is 163 cm³/mol. The van der Waals surface area contributed by atoms with Crippen LogP contribution in [0.4, 0.5) is 0 Å². The van der Waals surface area contributed by atoms with Crippen LogP contribution in [0.5, 0.6) is 0 Å². The summed E-state index contributed by atoms with van der Waals surface area (Å²) in [7, 11) is 0. The van der Waals surface area contributed by atoms with Crippen LogP contribution in [0, 0.1) is 12.8 Å². The van der Waals surface area contributed by atoms with Gasteiger partial charge in [0.25, 0.3) is 5.91 Å². The number of hydrogen-bond acceptors (Lipinski definition) is 5. The fourth-order valence-corrected chi connectivity index (χ4v) is 6.88. The van der Waals surface area contributed by atoms with Crippen molar-refractivity contribution in [3.05, 3.63) is 59.2 Å². The van der Waals surface area contributed by atoms with Gasteiger partial charge in [-0.15, -0.1) is 11.8 Å². The normalized spacial score (nSPS) is 16.5. The Balaban J connectivity index is 1.91. The van der Waals surface area contributed by atoms with Gasteiger partial charge in [0.1, 0.15) is 6.04 Å². The van der Waals surface area contributed by atoms with E-state index in [1.807, 2.05) is 61.3 Å². The molecular weight excluding hydrogens is 512 g/mol. The van der Waals surface area contributed by atoms with Gasteiger partial charge >= 0.3 is 5.97 Å². The number of aliphatic carboxylic acids is 1. The molecule has 1 aliphatic carbocycles. The van der Waals surface area contributed by atoms with Gasteiger partial charge < -0.3 is 10.4 Å². The highest BCUT2D eigenvalue weighted by Crippen LogP contribution is 2.35. The van der Waals surface area contributed by atoms with Gasteiger partial charge in [-0.1, -0.05) is 69.4 Å². The number of hydrogen-bond donors (Lipinski definition) is 3. The van der Waals surface area contributed by atoms with Crippen LogP contribution >= 0.6 is 23.5 Å². The van der Waals surface area contributed by atoms with Gasteiger partial charge in [0.2, 0.25) is 0 Å². The minimum atomic E-state index is -1.00. The zero-order valence-corrected chi connectivity index (χ0v) is 24.9. The fraction of sp³-hybridized carbons (Fsp3) is 0.548. The minimum Gasteiger partial charge on any atom is -0.480 e. The Morgan fingerprint density at radius 3 is 2.47 bits per heavy atom. The van der Waals surface area contributed by atoms with Crippen molar-refractivity contribution in [1.29, 1.82) is 0 Å². The molecular formula is C31H44N2O3S2. The Hall–Kier alpha value is -1.96. The molecule has 0 bridgehead atoms. The smallest absolute Gasteiger partial charge is 0.326 e. The number of carbonyl (C=O) groups is 2. The highest BCUT2D eigenvalue weighted by atomic mass is 32.2. The average molecular weight is 557 g/mol. The van der Waals surface area contributed by atoms with E-state index in [2.05, 4.69) is 30.5 Å². The Morgan fingerprint density at radius 2 is 1.82 bits per heavy atom. The molecule has 0 radical (unpaired) electrons. The summed E-state index contributed by atoms with van der Waals surface area (Å²) in [6, 6.07) is 13.6. The lowest BCUT2D eigenvalue weighted by Gasteiger charge is -2.29. The third-order valence-corrected chi connectivity index (χ3v) is 9.14. The Bertz CT molecular complexity index is 1060. The number of carbonyl (C=O) groups excluding carboxylic acids is 1. The van der Waals surface area contributed by atoms with Gasteiger partial charge in [0.05, 0.1) is 5.37 Å². The van der Waals surface area contributed by atoms with E-state index in [4.69, 9.17) is 0 Å². The van der Waals surface area contributed by atoms with Crippen LogP contribution in [-0.4, -0.2) is 46.8 Å². The van der Waals surface area contributed by atoms with Crippen molar-refractivity contribution in [1.82, 2.24) is 10.6 Å². The molecule has 2 aromatic rings. The van der Waals surface area contributed by atoms with Gasteiger partial charge in [0, 0.05) is 11.6 Å². The van der Waals surface area contributed by atoms with Crippen molar-refractivity contribution < 1.29 is 14.7 Å². The zero-order chi connectivity index (χ0) is 27.5. The predicted octanol–water partition coefficient (Wildman–Crippen LogP) is 7.30. The van der Waals surface area contributed by atoms with E-state index < -0.39 is 12.0 Å². The number of carboxylic acids is 1. The highest BCUT2D eigenvalue weighted by molar-refractivity contribution is 7.99. The lowest BCUT2D eigenvalue weighted by atomic mass is 9.85. The standard InChI is InChI=1S/C31H44N2O3S2/c1-5-38-30(32-22(3)19-23-12-7-6-8-13-23)24-15-16-26(27(20-24)25-14-10-9-11-21(25)2)29(34)33-28(31(35)36)17-18-37-4/h9-11,14-16,20,22-23,28,30,32H,5-8,12-13,17-19H2,1-4H3,(H,33,34)(H,35,36)/t22?,28-,30?/m0/s1. The van der Waals surface area contributed by atoms with Crippen LogP contribution in [0.2, 0.25) is 0 Å². The van der Waals surface area contributed by atoms with Crippen LogP contribution in [0.3, 0.4) is 0 Å². The molecule has 0 aromatic heterocycles. The van der Waals surface area contributed by atoms with Crippen LogP contribution < -0.4 is 10.6 Å². The largest absolute Gasteiger partial charge is 0.480 e. The van der Waals surface area contributed by atoms with Crippen LogP contribution in [-0.2, 0) is 4.79 Å². The topological polar surface area (TPSA) is 78.4 Å². The average Bonchev–Trinajstić information content (AvgIpc) is 2.91. The molecule has 7 heteroatoms. The first-order valence-electron chi connectivity index (χ1n) is 13.9. The third-order valence-electron chi connectivity index (χ3n) is 7.42. The summed E-state index contributed by atoms with van der Waals surface area (Å²) in [5.74, 6) is 1.10. The summed E-state index contributed by atoms with van der Waals surface area (Å²) in [6.07, 6.45) is 10.3. The van der Waals surface area contributed by atoms with Crippen LogP contribution in [0.15, 0.2) is 42.5 Å². The van der Waals surface area contributed by atoms with Crippen molar-refractivity contribution in [3.8, 4) is 11.1 Å². The van der Waals surface area contributed by atoms with Crippen molar-refractivity contribution in [2.75, 3.05) is 17.8 Å². The molecule has 1 amide bonds. The first-order chi connectivity index (χ1) is 18.3. The van der Waals surface area contributed by atoms with E-state index in [0.29, 0.717) is 23.8 Å². The lowest BCUT2D eigenvalue weighted by Crippen LogP contribution is -2.41. The molecule has 1 saturated carbocycles. The second kappa shape index (κ2) is 15.6. The summed E-state index contributed by atoms with van der Waals surface area (Å²) in [5, 5.41) is 16.4. The number of rotatable bonds is 14. The molecule has 0 heterocycles. The van der Waals surface area contributed by atoms with E-state index in [-0.39, 0.29) is 11.3 Å². The fourth-order valence-electron chi connectivity index (χ4n) is 5.41. The summed E-state index contributed by atoms with van der Waals surface area (Å²) in [6.45, 7) is 6.52. The number of thioether (sulfide) groups is 2. The number of nitrogens with one attached hydrogen (secondary N) is 2. The molecule has 3 atom stereocenters. The summed E-state index contributed by atoms with van der Waals surface area (Å²) in [4.78, 5) is 25.2. The second-order valence-corrected chi connectivity index (χ2v) is 12.8. The van der Waals surface area contributed by atoms with Crippen molar-refractivity contribution >= 4 is 35.4 Å². The summed E-state index contributed by atoms with van der Waals surface area (Å²) in [5.41, 5.74) is 4.56. The Kier molecular flexibility index (Phi) is 12.5. The first kappa shape index (κ1) is 30.6. The van der Waals surface area contributed by atoms with Gasteiger partial charge in [-0.2, -0.15) is 11.8 Å². The molecule has 1 fully saturated rings. The number of amides is 1. The molecule has 0 spiro atoms. The Morgan fingerprint density at radius 1 is 1.08 bits per heavy atom. The summed E-state index contributed by atoms with van der Waals surface area (Å²) >= 11 is 3.45. The molecule has 3 N–H and O–H groups in total. The highest BCUT2D eigenvalue weighted by Gasteiger charge is 2.25. The third kappa shape index (κ3) is 8.78. The molecule has 1 aliphatic rings.